The fourth-order valence-corrected chi connectivity index (χ4v) is 4.03. The zero-order valence-corrected chi connectivity index (χ0v) is 17.4. The van der Waals surface area contributed by atoms with Crippen LogP contribution in [0.25, 0.3) is 17.0 Å². The lowest BCUT2D eigenvalue weighted by Gasteiger charge is -2.34. The first-order valence-electron chi connectivity index (χ1n) is 9.21. The molecule has 0 atom stereocenters. The second kappa shape index (κ2) is 7.26. The average molecular weight is 443 g/mol. The highest BCUT2D eigenvalue weighted by Crippen LogP contribution is 2.27. The molecule has 11 heteroatoms. The van der Waals surface area contributed by atoms with Gasteiger partial charge in [0.05, 0.1) is 18.4 Å². The van der Waals surface area contributed by atoms with Crippen molar-refractivity contribution >= 4 is 46.3 Å². The van der Waals surface area contributed by atoms with Gasteiger partial charge in [0, 0.05) is 41.9 Å². The molecule has 3 aromatic heterocycles. The van der Waals surface area contributed by atoms with E-state index < -0.39 is 0 Å². The summed E-state index contributed by atoms with van der Waals surface area (Å²) in [7, 11) is 1.83. The molecule has 30 heavy (non-hydrogen) atoms. The van der Waals surface area contributed by atoms with E-state index in [-0.39, 0.29) is 12.5 Å². The highest BCUT2D eigenvalue weighted by molar-refractivity contribution is 6.35. The topological polar surface area (TPSA) is 84.5 Å². The zero-order valence-electron chi connectivity index (χ0n) is 15.9. The SMILES string of the molecule is Cn1cc(N2CCN(c3ccc4nnc(-c5cc(Cl)cc(Cl)c5)n4n3)CC2=O)cn1. The first-order valence-corrected chi connectivity index (χ1v) is 9.96. The number of hydrogen-bond acceptors (Lipinski definition) is 6. The van der Waals surface area contributed by atoms with Gasteiger partial charge in [0.25, 0.3) is 0 Å². The number of aryl methyl sites for hydroxylation is 1. The van der Waals surface area contributed by atoms with E-state index in [4.69, 9.17) is 23.2 Å². The second-order valence-corrected chi connectivity index (χ2v) is 7.86. The Kier molecular flexibility index (Phi) is 4.56. The molecule has 4 aromatic rings. The molecule has 0 saturated carbocycles. The Labute approximate surface area is 181 Å². The molecule has 0 N–H and O–H groups in total. The number of nitrogens with zero attached hydrogens (tertiary/aromatic N) is 8. The standard InChI is InChI=1S/C19H16Cl2N8O/c1-26-10-15(9-22-26)28-5-4-27(11-18(28)30)17-3-2-16-23-24-19(29(16)25-17)12-6-13(20)8-14(21)7-12/h2-3,6-10H,4-5,11H2,1H3. The quantitative estimate of drug-likeness (QED) is 0.484. The Morgan fingerprint density at radius 3 is 2.53 bits per heavy atom. The molecule has 0 spiro atoms. The molecule has 1 amide bonds. The largest absolute Gasteiger partial charge is 0.344 e. The molecule has 1 saturated heterocycles. The summed E-state index contributed by atoms with van der Waals surface area (Å²) in [4.78, 5) is 16.4. The van der Waals surface area contributed by atoms with Crippen molar-refractivity contribution in [3.05, 3.63) is 52.8 Å². The Morgan fingerprint density at radius 1 is 1.03 bits per heavy atom. The number of hydrogen-bond donors (Lipinski definition) is 0. The third kappa shape index (κ3) is 3.35. The third-order valence-electron chi connectivity index (χ3n) is 4.92. The summed E-state index contributed by atoms with van der Waals surface area (Å²) in [6, 6.07) is 8.83. The molecule has 9 nitrogen and oxygen atoms in total. The summed E-state index contributed by atoms with van der Waals surface area (Å²) < 4.78 is 3.31. The lowest BCUT2D eigenvalue weighted by Crippen LogP contribution is -2.51. The van der Waals surface area contributed by atoms with Gasteiger partial charge in [-0.1, -0.05) is 23.2 Å². The van der Waals surface area contributed by atoms with Crippen LogP contribution in [0.4, 0.5) is 11.5 Å². The Hall–Kier alpha value is -3.17. The van der Waals surface area contributed by atoms with Crippen LogP contribution in [-0.4, -0.2) is 55.1 Å². The number of carbonyl (C=O) groups excluding carboxylic acids is 1. The number of benzene rings is 1. The molecule has 4 heterocycles. The van der Waals surface area contributed by atoms with Crippen LogP contribution in [0.15, 0.2) is 42.7 Å². The molecule has 152 valence electrons. The predicted molar refractivity (Wildman–Crippen MR) is 114 cm³/mol. The van der Waals surface area contributed by atoms with E-state index in [1.165, 1.54) is 0 Å². The van der Waals surface area contributed by atoms with Gasteiger partial charge in [-0.05, 0) is 30.3 Å². The van der Waals surface area contributed by atoms with Crippen LogP contribution in [0.5, 0.6) is 0 Å². The highest BCUT2D eigenvalue weighted by atomic mass is 35.5. The monoisotopic (exact) mass is 442 g/mol. The lowest BCUT2D eigenvalue weighted by atomic mass is 10.2. The van der Waals surface area contributed by atoms with Crippen molar-refractivity contribution in [2.45, 2.75) is 0 Å². The molecule has 0 radical (unpaired) electrons. The minimum atomic E-state index is -0.0123. The van der Waals surface area contributed by atoms with Crippen molar-refractivity contribution in [3.63, 3.8) is 0 Å². The lowest BCUT2D eigenvalue weighted by molar-refractivity contribution is -0.117. The third-order valence-corrected chi connectivity index (χ3v) is 5.35. The van der Waals surface area contributed by atoms with Crippen LogP contribution in [-0.2, 0) is 11.8 Å². The van der Waals surface area contributed by atoms with E-state index in [0.29, 0.717) is 46.0 Å². The van der Waals surface area contributed by atoms with E-state index in [0.717, 1.165) is 5.69 Å². The molecule has 1 aliphatic heterocycles. The molecular weight excluding hydrogens is 427 g/mol. The fourth-order valence-electron chi connectivity index (χ4n) is 3.50. The van der Waals surface area contributed by atoms with Crippen LogP contribution >= 0.6 is 23.2 Å². The molecule has 1 fully saturated rings. The van der Waals surface area contributed by atoms with Gasteiger partial charge in [-0.15, -0.1) is 15.3 Å². The fraction of sp³-hybridized carbons (Fsp3) is 0.211. The van der Waals surface area contributed by atoms with E-state index in [1.54, 1.807) is 38.5 Å². The molecule has 0 bridgehead atoms. The van der Waals surface area contributed by atoms with E-state index in [9.17, 15) is 4.79 Å². The Bertz CT molecular complexity index is 1250. The second-order valence-electron chi connectivity index (χ2n) is 6.98. The van der Waals surface area contributed by atoms with Gasteiger partial charge < -0.3 is 9.80 Å². The maximum Gasteiger partial charge on any atom is 0.246 e. The summed E-state index contributed by atoms with van der Waals surface area (Å²) in [6.45, 7) is 1.40. The molecule has 1 aliphatic rings. The van der Waals surface area contributed by atoms with Gasteiger partial charge in [-0.2, -0.15) is 9.61 Å². The number of piperazine rings is 1. The predicted octanol–water partition coefficient (Wildman–Crippen LogP) is 2.68. The van der Waals surface area contributed by atoms with Crippen LogP contribution in [0.3, 0.4) is 0 Å². The summed E-state index contributed by atoms with van der Waals surface area (Å²) in [5.74, 6) is 1.18. The van der Waals surface area contributed by atoms with Crippen LogP contribution in [0, 0.1) is 0 Å². The van der Waals surface area contributed by atoms with Crippen LogP contribution in [0.1, 0.15) is 0 Å². The van der Waals surface area contributed by atoms with E-state index in [1.807, 2.05) is 30.3 Å². The molecular formula is C19H16Cl2N8O. The van der Waals surface area contributed by atoms with E-state index in [2.05, 4.69) is 20.4 Å². The van der Waals surface area contributed by atoms with Crippen molar-refractivity contribution in [3.8, 4) is 11.4 Å². The summed E-state index contributed by atoms with van der Waals surface area (Å²) in [5.41, 5.74) is 2.09. The highest BCUT2D eigenvalue weighted by Gasteiger charge is 2.27. The van der Waals surface area contributed by atoms with E-state index >= 15 is 0 Å². The number of halogens is 2. The number of amides is 1. The molecule has 5 rings (SSSR count). The number of anilines is 2. The summed E-state index contributed by atoms with van der Waals surface area (Å²) >= 11 is 12.3. The van der Waals surface area contributed by atoms with Gasteiger partial charge in [0.15, 0.2) is 11.5 Å². The van der Waals surface area contributed by atoms with Crippen LogP contribution < -0.4 is 9.80 Å². The number of rotatable bonds is 3. The smallest absolute Gasteiger partial charge is 0.246 e. The summed E-state index contributed by atoms with van der Waals surface area (Å²) in [5, 5.41) is 18.2. The van der Waals surface area contributed by atoms with Crippen molar-refractivity contribution in [1.82, 2.24) is 29.6 Å². The van der Waals surface area contributed by atoms with Crippen molar-refractivity contribution in [2.24, 2.45) is 7.05 Å². The summed E-state index contributed by atoms with van der Waals surface area (Å²) in [6.07, 6.45) is 3.52. The van der Waals surface area contributed by atoms with Gasteiger partial charge in [0.2, 0.25) is 5.91 Å². The maximum atomic E-state index is 12.7. The number of aromatic nitrogens is 6. The molecule has 0 aliphatic carbocycles. The van der Waals surface area contributed by atoms with Gasteiger partial charge >= 0.3 is 0 Å². The van der Waals surface area contributed by atoms with Gasteiger partial charge in [-0.3, -0.25) is 9.48 Å². The van der Waals surface area contributed by atoms with Gasteiger partial charge in [-0.25, -0.2) is 0 Å². The van der Waals surface area contributed by atoms with Crippen molar-refractivity contribution < 1.29 is 4.79 Å². The van der Waals surface area contributed by atoms with Gasteiger partial charge in [0.1, 0.15) is 5.82 Å². The zero-order chi connectivity index (χ0) is 20.8. The Morgan fingerprint density at radius 2 is 1.83 bits per heavy atom. The first kappa shape index (κ1) is 18.8. The van der Waals surface area contributed by atoms with Crippen LogP contribution in [0.2, 0.25) is 10.0 Å². The minimum absolute atomic E-state index is 0.0123. The molecule has 0 unspecified atom stereocenters. The van der Waals surface area contributed by atoms with Crippen molar-refractivity contribution in [2.75, 3.05) is 29.4 Å². The number of carbonyl (C=O) groups is 1. The minimum Gasteiger partial charge on any atom is -0.344 e. The maximum absolute atomic E-state index is 12.7. The number of fused-ring (bicyclic) bond motifs is 1. The molecule has 1 aromatic carbocycles. The van der Waals surface area contributed by atoms with Crippen molar-refractivity contribution in [1.29, 1.82) is 0 Å². The Balaban J connectivity index is 1.45. The average Bonchev–Trinajstić information content (AvgIpc) is 3.32. The first-order chi connectivity index (χ1) is 14.5. The normalized spacial score (nSPS) is 14.7.